The summed E-state index contributed by atoms with van der Waals surface area (Å²) in [6.07, 6.45) is 1.19. The summed E-state index contributed by atoms with van der Waals surface area (Å²) < 4.78 is 21.9. The van der Waals surface area contributed by atoms with Gasteiger partial charge >= 0.3 is 0 Å². The summed E-state index contributed by atoms with van der Waals surface area (Å²) in [6, 6.07) is 30.9. The van der Waals surface area contributed by atoms with Gasteiger partial charge in [0.2, 0.25) is 23.6 Å². The molecule has 4 aromatic carbocycles. The van der Waals surface area contributed by atoms with Gasteiger partial charge in [-0.2, -0.15) is 0 Å². The zero-order chi connectivity index (χ0) is 39.3. The van der Waals surface area contributed by atoms with Gasteiger partial charge in [-0.3, -0.25) is 29.0 Å². The van der Waals surface area contributed by atoms with E-state index >= 15 is 9.59 Å². The monoisotopic (exact) mass is 754 g/mol. The number of ether oxygens (including phenoxy) is 4. The van der Waals surface area contributed by atoms with Gasteiger partial charge in [-0.1, -0.05) is 79.7 Å². The second-order valence-electron chi connectivity index (χ2n) is 15.0. The van der Waals surface area contributed by atoms with Crippen LogP contribution < -0.4 is 18.9 Å². The molecule has 4 amide bonds. The second-order valence-corrected chi connectivity index (χ2v) is 15.0. The quantitative estimate of drug-likeness (QED) is 0.145. The number of benzene rings is 4. The predicted molar refractivity (Wildman–Crippen MR) is 210 cm³/mol. The molecule has 288 valence electrons. The third-order valence-electron chi connectivity index (χ3n) is 12.7. The van der Waals surface area contributed by atoms with Crippen molar-refractivity contribution in [2.75, 3.05) is 41.5 Å². The van der Waals surface area contributed by atoms with Crippen molar-refractivity contribution in [2.45, 2.75) is 26.2 Å². The molecule has 2 heterocycles. The lowest BCUT2D eigenvalue weighted by Gasteiger charge is -2.59. The van der Waals surface area contributed by atoms with Crippen LogP contribution in [0.25, 0.3) is 11.1 Å². The van der Waals surface area contributed by atoms with Gasteiger partial charge in [-0.05, 0) is 76.9 Å². The van der Waals surface area contributed by atoms with E-state index in [0.717, 1.165) is 33.4 Å². The Balaban J connectivity index is 1.24. The fourth-order valence-corrected chi connectivity index (χ4v) is 10.4. The summed E-state index contributed by atoms with van der Waals surface area (Å²) in [4.78, 5) is 62.8. The van der Waals surface area contributed by atoms with E-state index in [0.29, 0.717) is 42.3 Å². The van der Waals surface area contributed by atoms with Crippen molar-refractivity contribution in [3.05, 3.63) is 119 Å². The van der Waals surface area contributed by atoms with Crippen molar-refractivity contribution < 1.29 is 38.1 Å². The van der Waals surface area contributed by atoms with Crippen molar-refractivity contribution in [1.29, 1.82) is 0 Å². The number of hydrogen-bond donors (Lipinski definition) is 0. The fourth-order valence-electron chi connectivity index (χ4n) is 10.4. The van der Waals surface area contributed by atoms with Crippen LogP contribution >= 0.6 is 0 Å². The molecule has 3 aliphatic carbocycles. The number of carbonyl (C=O) groups excluding carboxylic acids is 4. The number of methoxy groups -OCH3 is 4. The number of carbonyl (C=O) groups is 4. The minimum absolute atomic E-state index is 0.155. The minimum Gasteiger partial charge on any atom is -0.493 e. The van der Waals surface area contributed by atoms with Crippen LogP contribution in [0, 0.1) is 35.0 Å². The van der Waals surface area contributed by atoms with Gasteiger partial charge in [0.1, 0.15) is 0 Å². The van der Waals surface area contributed by atoms with Crippen molar-refractivity contribution in [1.82, 2.24) is 9.80 Å². The number of rotatable bonds is 13. The lowest BCUT2D eigenvalue weighted by molar-refractivity contribution is -0.145. The van der Waals surface area contributed by atoms with Crippen molar-refractivity contribution >= 4 is 34.8 Å². The molecule has 10 nitrogen and oxygen atoms in total. The maximum Gasteiger partial charge on any atom is 0.234 e. The molecule has 1 saturated carbocycles. The van der Waals surface area contributed by atoms with Crippen LogP contribution in [0.5, 0.6) is 23.0 Å². The van der Waals surface area contributed by atoms with E-state index in [2.05, 4.69) is 0 Å². The van der Waals surface area contributed by atoms with Crippen LogP contribution in [-0.2, 0) is 32.0 Å². The first-order valence-corrected chi connectivity index (χ1v) is 19.2. The van der Waals surface area contributed by atoms with Crippen molar-refractivity contribution in [3.63, 3.8) is 0 Å². The number of likely N-dealkylation sites (tertiary alicyclic amines) is 2. The molecule has 0 radical (unpaired) electrons. The number of allylic oxidation sites excluding steroid dienone is 2. The van der Waals surface area contributed by atoms with Crippen LogP contribution in [0.1, 0.15) is 35.6 Å². The van der Waals surface area contributed by atoms with Gasteiger partial charge < -0.3 is 18.9 Å². The second kappa shape index (κ2) is 14.6. The smallest absolute Gasteiger partial charge is 0.234 e. The highest BCUT2D eigenvalue weighted by atomic mass is 16.5. The summed E-state index contributed by atoms with van der Waals surface area (Å²) in [5.41, 5.74) is 4.18. The number of hydrogen-bond acceptors (Lipinski definition) is 8. The molecule has 0 spiro atoms. The molecule has 0 aromatic heterocycles. The maximum absolute atomic E-state index is 15.1. The van der Waals surface area contributed by atoms with Gasteiger partial charge in [0.05, 0.1) is 52.1 Å². The molecule has 2 aliphatic heterocycles. The van der Waals surface area contributed by atoms with Crippen molar-refractivity contribution in [2.24, 2.45) is 35.0 Å². The molecule has 9 rings (SSSR count). The summed E-state index contributed by atoms with van der Waals surface area (Å²) >= 11 is 0. The summed E-state index contributed by atoms with van der Waals surface area (Å²) in [7, 11) is 6.28. The first kappa shape index (κ1) is 37.0. The molecular formula is C46H46N2O8. The lowest BCUT2D eigenvalue weighted by Crippen LogP contribution is -2.60. The largest absolute Gasteiger partial charge is 0.493 e. The molecule has 10 heteroatoms. The normalized spacial score (nSPS) is 25.1. The highest BCUT2D eigenvalue weighted by Crippen LogP contribution is 2.73. The molecule has 4 atom stereocenters. The molecule has 3 fully saturated rings. The molecule has 5 aliphatic rings. The average Bonchev–Trinajstić information content (AvgIpc) is 3.66. The van der Waals surface area contributed by atoms with Crippen LogP contribution in [0.3, 0.4) is 0 Å². The van der Waals surface area contributed by atoms with Gasteiger partial charge in [0, 0.05) is 24.4 Å². The Bertz CT molecular complexity index is 2130. The van der Waals surface area contributed by atoms with E-state index in [-0.39, 0.29) is 36.7 Å². The number of amides is 4. The third kappa shape index (κ3) is 5.51. The first-order chi connectivity index (χ1) is 27.2. The van der Waals surface area contributed by atoms with Crippen LogP contribution in [0.4, 0.5) is 0 Å². The fraction of sp³-hybridized carbons (Fsp3) is 0.348. The molecule has 0 N–H and O–H groups in total. The van der Waals surface area contributed by atoms with Crippen molar-refractivity contribution in [3.8, 4) is 23.0 Å². The Morgan fingerprint density at radius 2 is 0.946 bits per heavy atom. The number of imide groups is 2. The maximum atomic E-state index is 15.1. The van der Waals surface area contributed by atoms with E-state index in [1.54, 1.807) is 28.4 Å². The Hall–Kier alpha value is -5.90. The van der Waals surface area contributed by atoms with Gasteiger partial charge in [0.15, 0.2) is 23.0 Å². The molecule has 2 saturated heterocycles. The first-order valence-electron chi connectivity index (χ1n) is 19.2. The highest BCUT2D eigenvalue weighted by molar-refractivity contribution is 6.17. The molecule has 2 bridgehead atoms. The zero-order valence-corrected chi connectivity index (χ0v) is 32.3. The SMILES string of the molecule is CCC12C(c3ccccc3)=C(c3ccccc3)C([C@@H]3C(=O)N(CCc4ccc(OC)c(OC)c4)C(=O)[C@@H]31)[C@@H]1C(=O)N(CCc3ccc(OC)c(OC)c3)C(=O)[C@@H]12. The van der Waals surface area contributed by atoms with Crippen LogP contribution in [0.15, 0.2) is 97.1 Å². The minimum atomic E-state index is -1.13. The van der Waals surface area contributed by atoms with Gasteiger partial charge in [0.25, 0.3) is 0 Å². The molecule has 56 heavy (non-hydrogen) atoms. The standard InChI is InChI=1S/C46H46N2O8/c1-6-46-39(30-15-11-8-12-16-30)35(29-13-9-7-10-14-29)36(37-40(46)44(51)47(42(37)49)23-21-27-17-19-31(53-2)33(25-27)55-4)38-41(46)45(52)48(43(38)50)24-22-28-18-20-32(54-3)34(26-28)56-5/h7-20,25-26,36-38,40-41H,6,21-24H2,1-5H3/t36?,37-,38-,40+,41+,46?/m0/s1. The molecule has 0 unspecified atom stereocenters. The summed E-state index contributed by atoms with van der Waals surface area (Å²) in [5, 5.41) is 0. The average molecular weight is 755 g/mol. The van der Waals surface area contributed by atoms with E-state index in [1.807, 2.05) is 104 Å². The topological polar surface area (TPSA) is 112 Å². The van der Waals surface area contributed by atoms with E-state index < -0.39 is 35.0 Å². The summed E-state index contributed by atoms with van der Waals surface area (Å²) in [6.45, 7) is 2.31. The Morgan fingerprint density at radius 1 is 0.518 bits per heavy atom. The number of nitrogens with zero attached hydrogens (tertiary/aromatic N) is 2. The highest BCUT2D eigenvalue weighted by Gasteiger charge is 2.77. The Morgan fingerprint density at radius 3 is 1.36 bits per heavy atom. The molecule has 4 aromatic rings. The van der Waals surface area contributed by atoms with E-state index in [9.17, 15) is 9.59 Å². The molecular weight excluding hydrogens is 709 g/mol. The zero-order valence-electron chi connectivity index (χ0n) is 32.3. The van der Waals surface area contributed by atoms with Gasteiger partial charge in [-0.15, -0.1) is 0 Å². The van der Waals surface area contributed by atoms with Crippen LogP contribution in [-0.4, -0.2) is 75.0 Å². The lowest BCUT2D eigenvalue weighted by atomic mass is 9.40. The Labute approximate surface area is 327 Å². The van der Waals surface area contributed by atoms with E-state index in [4.69, 9.17) is 18.9 Å². The Kier molecular flexibility index (Phi) is 9.68. The van der Waals surface area contributed by atoms with Gasteiger partial charge in [-0.25, -0.2) is 0 Å². The predicted octanol–water partition coefficient (Wildman–Crippen LogP) is 6.36. The third-order valence-corrected chi connectivity index (χ3v) is 12.7. The van der Waals surface area contributed by atoms with E-state index in [1.165, 1.54) is 9.80 Å². The van der Waals surface area contributed by atoms with Crippen LogP contribution in [0.2, 0.25) is 0 Å². The summed E-state index contributed by atoms with van der Waals surface area (Å²) in [5.74, 6) is -2.78.